The molecule has 3 aromatic rings. The first-order valence-electron chi connectivity index (χ1n) is 9.20. The molecular weight excluding hydrogens is 493 g/mol. The fraction of sp³-hybridized carbons (Fsp3) is 0.0909. The van der Waals surface area contributed by atoms with Crippen LogP contribution in [0.2, 0.25) is 10.0 Å². The SMILES string of the molecule is O=C(Nc1ccc(OCCOc2c(F)ccc(F)c2F)cc1C(=O)O)c1ccc(Cl)cc1Cl.[H-].[Li+]. The van der Waals surface area contributed by atoms with Crippen molar-refractivity contribution in [1.29, 1.82) is 0 Å². The standard InChI is InChI=1S/C22H14Cl2F3NO5.Li.H/c23-11-1-3-13(15(24)9-11)21(29)28-18-6-2-12(10-14(18)22(30)31)32-7-8-33-20-17(26)5-4-16(25)19(20)27;;/h1-6,9-10H,7-8H2,(H,28,29)(H,30,31);;/q;+1;-1. The molecule has 0 bridgehead atoms. The molecule has 0 spiro atoms. The second kappa shape index (κ2) is 12.0. The molecule has 174 valence electrons. The molecule has 2 N–H and O–H groups in total. The van der Waals surface area contributed by atoms with E-state index in [-0.39, 0.29) is 61.1 Å². The van der Waals surface area contributed by atoms with Gasteiger partial charge in [-0.1, -0.05) is 23.2 Å². The number of hydrogen-bond acceptors (Lipinski definition) is 4. The van der Waals surface area contributed by atoms with Crippen molar-refractivity contribution < 1.29 is 57.6 Å². The normalized spacial score (nSPS) is 10.3. The molecule has 6 nitrogen and oxygen atoms in total. The molecule has 0 aliphatic heterocycles. The number of anilines is 1. The second-order valence-corrected chi connectivity index (χ2v) is 7.30. The molecule has 12 heteroatoms. The Bertz CT molecular complexity index is 1240. The van der Waals surface area contributed by atoms with Crippen LogP contribution in [0.15, 0.2) is 48.5 Å². The Labute approximate surface area is 215 Å². The maximum Gasteiger partial charge on any atom is 1.00 e. The number of amides is 1. The number of benzene rings is 3. The van der Waals surface area contributed by atoms with Gasteiger partial charge < -0.3 is 21.3 Å². The van der Waals surface area contributed by atoms with Crippen molar-refractivity contribution in [3.05, 3.63) is 87.2 Å². The van der Waals surface area contributed by atoms with Crippen LogP contribution < -0.4 is 33.7 Å². The first kappa shape index (κ1) is 27.4. The average molecular weight is 508 g/mol. The fourth-order valence-electron chi connectivity index (χ4n) is 2.71. The van der Waals surface area contributed by atoms with E-state index in [1.54, 1.807) is 0 Å². The molecule has 0 saturated heterocycles. The minimum atomic E-state index is -1.47. The maximum absolute atomic E-state index is 13.6. The zero-order valence-corrected chi connectivity index (χ0v) is 19.0. The van der Waals surface area contributed by atoms with Gasteiger partial charge in [0.15, 0.2) is 17.4 Å². The van der Waals surface area contributed by atoms with Crippen molar-refractivity contribution in [2.24, 2.45) is 0 Å². The number of aromatic carboxylic acids is 1. The molecule has 34 heavy (non-hydrogen) atoms. The Morgan fingerprint density at radius 3 is 2.26 bits per heavy atom. The molecule has 0 aliphatic carbocycles. The van der Waals surface area contributed by atoms with Gasteiger partial charge in [-0.25, -0.2) is 13.6 Å². The molecule has 0 atom stereocenters. The molecule has 0 unspecified atom stereocenters. The van der Waals surface area contributed by atoms with Crippen LogP contribution in [0.1, 0.15) is 22.1 Å². The predicted octanol–water partition coefficient (Wildman–Crippen LogP) is 2.94. The van der Waals surface area contributed by atoms with Crippen molar-refractivity contribution in [3.63, 3.8) is 0 Å². The summed E-state index contributed by atoms with van der Waals surface area (Å²) in [6.45, 7) is -0.589. The van der Waals surface area contributed by atoms with E-state index in [9.17, 15) is 27.9 Å². The Balaban J connectivity index is 0.00000306. The summed E-state index contributed by atoms with van der Waals surface area (Å²) in [6, 6.07) is 9.38. The van der Waals surface area contributed by atoms with E-state index in [0.717, 1.165) is 12.1 Å². The zero-order chi connectivity index (χ0) is 24.1. The summed E-state index contributed by atoms with van der Waals surface area (Å²) in [5.74, 6) is -6.62. The molecule has 0 saturated carbocycles. The van der Waals surface area contributed by atoms with Gasteiger partial charge in [-0.15, -0.1) is 0 Å². The number of ether oxygens (including phenoxy) is 2. The quantitative estimate of drug-likeness (QED) is 0.278. The Morgan fingerprint density at radius 1 is 0.912 bits per heavy atom. The molecular formula is C22H15Cl2F3LiNO5. The summed E-state index contributed by atoms with van der Waals surface area (Å²) in [6.07, 6.45) is 0. The third-order valence-electron chi connectivity index (χ3n) is 4.25. The molecule has 1 amide bonds. The topological polar surface area (TPSA) is 84.9 Å². The fourth-order valence-corrected chi connectivity index (χ4v) is 3.20. The average Bonchev–Trinajstić information content (AvgIpc) is 2.76. The number of carbonyl (C=O) groups excluding carboxylic acids is 1. The number of rotatable bonds is 8. The number of carboxylic acid groups (broad SMARTS) is 1. The van der Waals surface area contributed by atoms with Crippen molar-refractivity contribution in [1.82, 2.24) is 0 Å². The molecule has 0 aromatic heterocycles. The largest absolute Gasteiger partial charge is 1.00 e. The minimum Gasteiger partial charge on any atom is -1.00 e. The van der Waals surface area contributed by atoms with Crippen LogP contribution in [0, 0.1) is 17.5 Å². The zero-order valence-electron chi connectivity index (χ0n) is 18.5. The Hall–Kier alpha value is -2.83. The number of carbonyl (C=O) groups is 2. The van der Waals surface area contributed by atoms with Crippen LogP contribution >= 0.6 is 23.2 Å². The summed E-state index contributed by atoms with van der Waals surface area (Å²) in [7, 11) is 0. The van der Waals surface area contributed by atoms with E-state index in [1.807, 2.05) is 0 Å². The van der Waals surface area contributed by atoms with Gasteiger partial charge in [0.25, 0.3) is 5.91 Å². The third-order valence-corrected chi connectivity index (χ3v) is 4.79. The van der Waals surface area contributed by atoms with Crippen LogP contribution in [0.25, 0.3) is 0 Å². The van der Waals surface area contributed by atoms with Gasteiger partial charge in [-0.05, 0) is 48.5 Å². The second-order valence-electron chi connectivity index (χ2n) is 6.46. The van der Waals surface area contributed by atoms with E-state index in [2.05, 4.69) is 5.32 Å². The molecule has 3 rings (SSSR count). The third kappa shape index (κ3) is 6.61. The van der Waals surface area contributed by atoms with Crippen molar-refractivity contribution >= 4 is 40.8 Å². The number of nitrogens with one attached hydrogen (secondary N) is 1. The van der Waals surface area contributed by atoms with Gasteiger partial charge in [0, 0.05) is 5.02 Å². The van der Waals surface area contributed by atoms with Crippen LogP contribution in [-0.4, -0.2) is 30.2 Å². The number of halogens is 5. The number of carboxylic acids is 1. The van der Waals surface area contributed by atoms with Crippen molar-refractivity contribution in [2.75, 3.05) is 18.5 Å². The van der Waals surface area contributed by atoms with E-state index in [4.69, 9.17) is 32.7 Å². The summed E-state index contributed by atoms with van der Waals surface area (Å²) in [5.41, 5.74) is -0.216. The van der Waals surface area contributed by atoms with Gasteiger partial charge in [-0.3, -0.25) is 4.79 Å². The summed E-state index contributed by atoms with van der Waals surface area (Å²) in [4.78, 5) is 24.1. The first-order chi connectivity index (χ1) is 15.7. The smallest absolute Gasteiger partial charge is 1.00 e. The van der Waals surface area contributed by atoms with Crippen molar-refractivity contribution in [2.45, 2.75) is 0 Å². The van der Waals surface area contributed by atoms with Gasteiger partial charge in [-0.2, -0.15) is 4.39 Å². The van der Waals surface area contributed by atoms with Gasteiger partial charge in [0.05, 0.1) is 21.8 Å². The molecule has 0 fully saturated rings. The van der Waals surface area contributed by atoms with Crippen LogP contribution in [0.5, 0.6) is 11.5 Å². The predicted molar refractivity (Wildman–Crippen MR) is 116 cm³/mol. The van der Waals surface area contributed by atoms with Crippen molar-refractivity contribution in [3.8, 4) is 11.5 Å². The minimum absolute atomic E-state index is 0. The van der Waals surface area contributed by atoms with Gasteiger partial charge in [0.2, 0.25) is 5.82 Å². The molecule has 0 radical (unpaired) electrons. The van der Waals surface area contributed by atoms with E-state index in [1.165, 1.54) is 30.3 Å². The van der Waals surface area contributed by atoms with Crippen LogP contribution in [0.4, 0.5) is 18.9 Å². The summed E-state index contributed by atoms with van der Waals surface area (Å²) >= 11 is 11.8. The van der Waals surface area contributed by atoms with E-state index < -0.39 is 35.1 Å². The Kier molecular flexibility index (Phi) is 9.71. The van der Waals surface area contributed by atoms with Gasteiger partial charge >= 0.3 is 24.8 Å². The van der Waals surface area contributed by atoms with Gasteiger partial charge in [0.1, 0.15) is 19.0 Å². The molecule has 0 aliphatic rings. The summed E-state index contributed by atoms with van der Waals surface area (Å²) < 4.78 is 50.5. The summed E-state index contributed by atoms with van der Waals surface area (Å²) in [5, 5.41) is 12.3. The molecule has 3 aromatic carbocycles. The van der Waals surface area contributed by atoms with Crippen LogP contribution in [-0.2, 0) is 0 Å². The Morgan fingerprint density at radius 2 is 1.59 bits per heavy atom. The first-order valence-corrected chi connectivity index (χ1v) is 9.96. The molecule has 0 heterocycles. The van der Waals surface area contributed by atoms with Crippen LogP contribution in [0.3, 0.4) is 0 Å². The van der Waals surface area contributed by atoms with E-state index in [0.29, 0.717) is 11.1 Å². The number of hydrogen-bond donors (Lipinski definition) is 2. The monoisotopic (exact) mass is 507 g/mol. The van der Waals surface area contributed by atoms with E-state index >= 15 is 0 Å². The maximum atomic E-state index is 13.6.